The molecular weight excluding hydrogens is 444 g/mol. The van der Waals surface area contributed by atoms with E-state index in [9.17, 15) is 10.1 Å². The number of aliphatic hydroxyl groups is 1. The SMILES string of the molecule is CCOC(=O)C1=C(C)OC(N)=C(C#N)C1c1cc(OCC)c(OCCO)cc1Br. The van der Waals surface area contributed by atoms with Gasteiger partial charge in [-0.05, 0) is 38.5 Å². The van der Waals surface area contributed by atoms with E-state index >= 15 is 0 Å². The van der Waals surface area contributed by atoms with Gasteiger partial charge in [-0.25, -0.2) is 4.79 Å². The molecule has 0 aliphatic carbocycles. The average molecular weight is 467 g/mol. The average Bonchev–Trinajstić information content (AvgIpc) is 2.67. The van der Waals surface area contributed by atoms with Gasteiger partial charge in [-0.1, -0.05) is 15.9 Å². The summed E-state index contributed by atoms with van der Waals surface area (Å²) in [4.78, 5) is 12.7. The Morgan fingerprint density at radius 2 is 2.00 bits per heavy atom. The zero-order valence-corrected chi connectivity index (χ0v) is 18.0. The van der Waals surface area contributed by atoms with E-state index in [1.807, 2.05) is 13.0 Å². The third-order valence-electron chi connectivity index (χ3n) is 4.12. The van der Waals surface area contributed by atoms with Crippen LogP contribution in [0.15, 0.2) is 39.4 Å². The minimum atomic E-state index is -0.812. The van der Waals surface area contributed by atoms with Gasteiger partial charge >= 0.3 is 5.97 Å². The predicted molar refractivity (Wildman–Crippen MR) is 108 cm³/mol. The van der Waals surface area contributed by atoms with Gasteiger partial charge in [0.25, 0.3) is 0 Å². The molecule has 3 N–H and O–H groups in total. The van der Waals surface area contributed by atoms with Crippen LogP contribution in [-0.2, 0) is 14.3 Å². The number of allylic oxidation sites excluding steroid dienone is 2. The van der Waals surface area contributed by atoms with Crippen molar-refractivity contribution in [2.24, 2.45) is 5.73 Å². The first-order chi connectivity index (χ1) is 13.9. The minimum Gasteiger partial charge on any atom is -0.490 e. The van der Waals surface area contributed by atoms with E-state index in [0.29, 0.717) is 28.1 Å². The van der Waals surface area contributed by atoms with Crippen LogP contribution in [-0.4, -0.2) is 37.5 Å². The number of rotatable bonds is 8. The summed E-state index contributed by atoms with van der Waals surface area (Å²) in [6, 6.07) is 5.37. The van der Waals surface area contributed by atoms with Gasteiger partial charge in [-0.3, -0.25) is 0 Å². The van der Waals surface area contributed by atoms with Crippen molar-refractivity contribution in [3.05, 3.63) is 45.0 Å². The highest BCUT2D eigenvalue weighted by Crippen LogP contribution is 2.45. The summed E-state index contributed by atoms with van der Waals surface area (Å²) in [6.07, 6.45) is 0. The van der Waals surface area contributed by atoms with Crippen molar-refractivity contribution in [1.82, 2.24) is 0 Å². The van der Waals surface area contributed by atoms with Gasteiger partial charge in [0.05, 0.1) is 31.3 Å². The highest BCUT2D eigenvalue weighted by molar-refractivity contribution is 9.10. The Labute approximate surface area is 177 Å². The number of hydrogen-bond acceptors (Lipinski definition) is 8. The number of ether oxygens (including phenoxy) is 4. The third kappa shape index (κ3) is 4.83. The van der Waals surface area contributed by atoms with Crippen LogP contribution in [0, 0.1) is 11.3 Å². The zero-order chi connectivity index (χ0) is 21.6. The number of carbonyl (C=O) groups is 1. The maximum atomic E-state index is 12.7. The molecule has 9 heteroatoms. The second kappa shape index (κ2) is 10.2. The first-order valence-corrected chi connectivity index (χ1v) is 9.84. The quantitative estimate of drug-likeness (QED) is 0.560. The Bertz CT molecular complexity index is 888. The lowest BCUT2D eigenvalue weighted by Gasteiger charge is -2.28. The van der Waals surface area contributed by atoms with Crippen LogP contribution in [0.25, 0.3) is 0 Å². The standard InChI is InChI=1S/C20H23BrN2O6/c1-4-26-15-8-12(14(21)9-16(15)28-7-6-24)18-13(10-22)19(23)29-11(3)17(18)20(25)27-5-2/h8-9,18,24H,4-7,23H2,1-3H3. The molecule has 0 bridgehead atoms. The van der Waals surface area contributed by atoms with Crippen LogP contribution in [0.5, 0.6) is 11.5 Å². The van der Waals surface area contributed by atoms with Crippen molar-refractivity contribution in [3.8, 4) is 17.6 Å². The van der Waals surface area contributed by atoms with Crippen molar-refractivity contribution in [2.75, 3.05) is 26.4 Å². The molecule has 0 fully saturated rings. The van der Waals surface area contributed by atoms with Crippen LogP contribution in [0.1, 0.15) is 32.3 Å². The number of halogens is 1. The van der Waals surface area contributed by atoms with E-state index in [1.165, 1.54) is 0 Å². The zero-order valence-electron chi connectivity index (χ0n) is 16.5. The maximum absolute atomic E-state index is 12.7. The van der Waals surface area contributed by atoms with Crippen LogP contribution >= 0.6 is 15.9 Å². The summed E-state index contributed by atoms with van der Waals surface area (Å²) >= 11 is 3.49. The first kappa shape index (κ1) is 22.6. The number of esters is 1. The molecule has 2 rings (SSSR count). The van der Waals surface area contributed by atoms with Crippen LogP contribution in [0.4, 0.5) is 0 Å². The fourth-order valence-corrected chi connectivity index (χ4v) is 3.53. The van der Waals surface area contributed by atoms with E-state index in [-0.39, 0.29) is 42.6 Å². The molecule has 1 aromatic carbocycles. The summed E-state index contributed by atoms with van der Waals surface area (Å²) < 4.78 is 22.4. The predicted octanol–water partition coefficient (Wildman–Crippen LogP) is 2.86. The fraction of sp³-hybridized carbons (Fsp3) is 0.400. The molecule has 1 heterocycles. The highest BCUT2D eigenvalue weighted by Gasteiger charge is 2.37. The summed E-state index contributed by atoms with van der Waals surface area (Å²) in [7, 11) is 0. The first-order valence-electron chi connectivity index (χ1n) is 9.04. The van der Waals surface area contributed by atoms with Crippen molar-refractivity contribution in [2.45, 2.75) is 26.7 Å². The summed E-state index contributed by atoms with van der Waals surface area (Å²) in [5.41, 5.74) is 6.77. The molecule has 1 unspecified atom stereocenters. The molecule has 0 aromatic heterocycles. The van der Waals surface area contributed by atoms with Crippen molar-refractivity contribution >= 4 is 21.9 Å². The monoisotopic (exact) mass is 466 g/mol. The third-order valence-corrected chi connectivity index (χ3v) is 4.81. The molecule has 8 nitrogen and oxygen atoms in total. The van der Waals surface area contributed by atoms with Crippen molar-refractivity contribution in [3.63, 3.8) is 0 Å². The molecule has 0 saturated heterocycles. The Morgan fingerprint density at radius 3 is 2.59 bits per heavy atom. The molecule has 0 radical (unpaired) electrons. The second-order valence-corrected chi connectivity index (χ2v) is 6.80. The van der Waals surface area contributed by atoms with Crippen LogP contribution in [0.2, 0.25) is 0 Å². The molecule has 0 spiro atoms. The number of carbonyl (C=O) groups excluding carboxylic acids is 1. The molecule has 0 amide bonds. The largest absolute Gasteiger partial charge is 0.490 e. The molecule has 0 saturated carbocycles. The molecule has 1 aliphatic rings. The van der Waals surface area contributed by atoms with Crippen LogP contribution in [0.3, 0.4) is 0 Å². The number of nitriles is 1. The van der Waals surface area contributed by atoms with Gasteiger partial charge in [0.1, 0.15) is 24.0 Å². The number of nitrogens with zero attached hydrogens (tertiary/aromatic N) is 1. The summed E-state index contributed by atoms with van der Waals surface area (Å²) in [5.74, 6) is -0.405. The van der Waals surface area contributed by atoms with E-state index in [0.717, 1.165) is 0 Å². The Morgan fingerprint density at radius 1 is 1.31 bits per heavy atom. The summed E-state index contributed by atoms with van der Waals surface area (Å²) in [5, 5.41) is 18.7. The normalized spacial score (nSPS) is 16.2. The molecular formula is C20H23BrN2O6. The number of hydrogen-bond donors (Lipinski definition) is 2. The van der Waals surface area contributed by atoms with E-state index in [2.05, 4.69) is 15.9 Å². The summed E-state index contributed by atoms with van der Waals surface area (Å²) in [6.45, 7) is 5.58. The lowest BCUT2D eigenvalue weighted by molar-refractivity contribution is -0.139. The Hall–Kier alpha value is -2.70. The molecule has 156 valence electrons. The van der Waals surface area contributed by atoms with Gasteiger partial charge in [0.2, 0.25) is 5.88 Å². The molecule has 29 heavy (non-hydrogen) atoms. The minimum absolute atomic E-state index is 0.0754. The molecule has 1 aromatic rings. The van der Waals surface area contributed by atoms with E-state index < -0.39 is 11.9 Å². The molecule has 1 atom stereocenters. The fourth-order valence-electron chi connectivity index (χ4n) is 2.97. The van der Waals surface area contributed by atoms with Crippen molar-refractivity contribution in [1.29, 1.82) is 5.26 Å². The number of benzene rings is 1. The van der Waals surface area contributed by atoms with Gasteiger partial charge < -0.3 is 29.8 Å². The lowest BCUT2D eigenvalue weighted by Crippen LogP contribution is -2.25. The van der Waals surface area contributed by atoms with E-state index in [1.54, 1.807) is 26.0 Å². The smallest absolute Gasteiger partial charge is 0.338 e. The lowest BCUT2D eigenvalue weighted by atomic mass is 9.83. The number of nitrogens with two attached hydrogens (primary N) is 1. The van der Waals surface area contributed by atoms with Crippen LogP contribution < -0.4 is 15.2 Å². The Balaban J connectivity index is 2.68. The topological polar surface area (TPSA) is 124 Å². The van der Waals surface area contributed by atoms with Gasteiger partial charge in [-0.2, -0.15) is 5.26 Å². The van der Waals surface area contributed by atoms with Crippen molar-refractivity contribution < 1.29 is 28.8 Å². The van der Waals surface area contributed by atoms with Gasteiger partial charge in [0.15, 0.2) is 11.5 Å². The number of aliphatic hydroxyl groups excluding tert-OH is 1. The second-order valence-electron chi connectivity index (χ2n) is 5.94. The molecule has 1 aliphatic heterocycles. The van der Waals surface area contributed by atoms with E-state index in [4.69, 9.17) is 29.8 Å². The maximum Gasteiger partial charge on any atom is 0.338 e. The Kier molecular flexibility index (Phi) is 7.93. The van der Waals surface area contributed by atoms with Gasteiger partial charge in [0, 0.05) is 4.47 Å². The van der Waals surface area contributed by atoms with Gasteiger partial charge in [-0.15, -0.1) is 0 Å². The highest BCUT2D eigenvalue weighted by atomic mass is 79.9.